The molecule has 0 aliphatic carbocycles. The number of hydrogen-bond acceptors (Lipinski definition) is 10. The van der Waals surface area contributed by atoms with Gasteiger partial charge in [0.25, 0.3) is 0 Å². The van der Waals surface area contributed by atoms with Gasteiger partial charge in [0, 0.05) is 12.8 Å². The third-order valence-corrected chi connectivity index (χ3v) is 9.89. The van der Waals surface area contributed by atoms with Gasteiger partial charge in [-0.15, -0.1) is 0 Å². The first-order valence-corrected chi connectivity index (χ1v) is 20.8. The molecule has 0 bridgehead atoms. The average molecular weight is 775 g/mol. The number of ketones is 2. The minimum atomic E-state index is -1.19. The van der Waals surface area contributed by atoms with E-state index in [4.69, 9.17) is 10.2 Å². The van der Waals surface area contributed by atoms with Crippen molar-refractivity contribution in [2.75, 3.05) is 13.2 Å². The molecule has 0 fully saturated rings. The third-order valence-electron chi connectivity index (χ3n) is 9.89. The summed E-state index contributed by atoms with van der Waals surface area (Å²) in [6, 6.07) is 0. The van der Waals surface area contributed by atoms with Crippen LogP contribution in [0.25, 0.3) is 0 Å². The summed E-state index contributed by atoms with van der Waals surface area (Å²) in [6.07, 6.45) is 29.7. The van der Waals surface area contributed by atoms with E-state index in [1.54, 1.807) is 0 Å². The van der Waals surface area contributed by atoms with E-state index in [-0.39, 0.29) is 61.7 Å². The molecule has 2 rings (SSSR count). The van der Waals surface area contributed by atoms with Gasteiger partial charge in [-0.3, -0.25) is 9.59 Å². The molecule has 0 saturated carbocycles. The Bertz CT molecular complexity index is 1000. The first-order valence-electron chi connectivity index (χ1n) is 20.8. The van der Waals surface area contributed by atoms with Crippen molar-refractivity contribution < 1.29 is 49.1 Å². The van der Waals surface area contributed by atoms with Crippen molar-refractivity contribution >= 4 is 61.2 Å². The fourth-order valence-corrected chi connectivity index (χ4v) is 6.61. The Morgan fingerprint density at radius 3 is 0.906 bits per heavy atom. The van der Waals surface area contributed by atoms with E-state index in [0.717, 1.165) is 25.7 Å². The summed E-state index contributed by atoms with van der Waals surface area (Å²) in [6.45, 7) is 3.34. The van der Waals surface area contributed by atoms with Crippen LogP contribution in [-0.4, -0.2) is 96.9 Å². The number of Topliss-reactive ketones (excluding diaryl/α,β-unsaturated/α-hetero) is 2. The van der Waals surface area contributed by atoms with E-state index in [0.29, 0.717) is 12.8 Å². The van der Waals surface area contributed by atoms with Crippen LogP contribution in [0.2, 0.25) is 0 Å². The topological polar surface area (TPSA) is 173 Å². The quantitative estimate of drug-likeness (QED) is 0.0322. The standard InChI is InChI=1S/2C21H36O5.Ca/c2*1-2-3-4-5-6-7-8-9-10-11-12-13-14-15-17(23)19-20(24)18(16-22)26-21(19)25;/h2*18,22,24H,2-16H2,1H3;/q;;+2/p-2. The number of unbranched alkanes of at least 4 members (excludes halogenated alkanes) is 24. The van der Waals surface area contributed by atoms with Crippen molar-refractivity contribution in [2.24, 2.45) is 0 Å². The van der Waals surface area contributed by atoms with Crippen molar-refractivity contribution in [1.29, 1.82) is 0 Å². The largest absolute Gasteiger partial charge is 2.00 e. The average Bonchev–Trinajstić information content (AvgIpc) is 3.60. The van der Waals surface area contributed by atoms with Gasteiger partial charge in [0.2, 0.25) is 0 Å². The molecule has 2 heterocycles. The predicted molar refractivity (Wildman–Crippen MR) is 204 cm³/mol. The maximum Gasteiger partial charge on any atom is 2.00 e. The summed E-state index contributed by atoms with van der Waals surface area (Å²) >= 11 is 0. The molecular weight excluding hydrogens is 705 g/mol. The normalized spacial score (nSPS) is 16.7. The van der Waals surface area contributed by atoms with Gasteiger partial charge in [-0.1, -0.05) is 179 Å². The first-order chi connectivity index (χ1) is 25.2. The predicted octanol–water partition coefficient (Wildman–Crippen LogP) is 6.76. The number of esters is 2. The van der Waals surface area contributed by atoms with E-state index < -0.39 is 60.4 Å². The number of aliphatic hydroxyl groups is 2. The molecule has 53 heavy (non-hydrogen) atoms. The summed E-state index contributed by atoms with van der Waals surface area (Å²) in [5.41, 5.74) is -0.772. The Morgan fingerprint density at radius 2 is 0.698 bits per heavy atom. The summed E-state index contributed by atoms with van der Waals surface area (Å²) in [5, 5.41) is 41.4. The molecule has 0 radical (unpaired) electrons. The smallest absolute Gasteiger partial charge is 0.872 e. The van der Waals surface area contributed by atoms with Crippen LogP contribution in [0, 0.1) is 0 Å². The van der Waals surface area contributed by atoms with Gasteiger partial charge in [0.15, 0.2) is 11.6 Å². The summed E-state index contributed by atoms with van der Waals surface area (Å²) in [4.78, 5) is 47.0. The number of cyclic esters (lactones) is 2. The van der Waals surface area contributed by atoms with Crippen LogP contribution in [0.5, 0.6) is 0 Å². The van der Waals surface area contributed by atoms with E-state index >= 15 is 0 Å². The summed E-state index contributed by atoms with van der Waals surface area (Å²) in [5.74, 6) is -3.99. The molecule has 300 valence electrons. The van der Waals surface area contributed by atoms with Gasteiger partial charge < -0.3 is 29.9 Å². The van der Waals surface area contributed by atoms with Gasteiger partial charge in [-0.25, -0.2) is 9.59 Å². The number of hydrogen-bond donors (Lipinski definition) is 2. The fourth-order valence-electron chi connectivity index (χ4n) is 6.61. The Balaban J connectivity index is 0.00000100. The van der Waals surface area contributed by atoms with E-state index in [1.165, 1.54) is 128 Å². The van der Waals surface area contributed by atoms with Crippen LogP contribution in [0.1, 0.15) is 194 Å². The molecule has 0 saturated heterocycles. The molecular formula is C42H70CaO10. The molecule has 11 heteroatoms. The van der Waals surface area contributed by atoms with Crippen molar-refractivity contribution in [3.63, 3.8) is 0 Å². The van der Waals surface area contributed by atoms with Crippen molar-refractivity contribution in [2.45, 2.75) is 206 Å². The maximum absolute atomic E-state index is 12.0. The molecule has 2 unspecified atom stereocenters. The Hall–Kier alpha value is -1.46. The summed E-state index contributed by atoms with van der Waals surface area (Å²) in [7, 11) is 0. The van der Waals surface area contributed by atoms with Gasteiger partial charge in [0.05, 0.1) is 24.4 Å². The van der Waals surface area contributed by atoms with Crippen molar-refractivity contribution in [3.05, 3.63) is 22.7 Å². The zero-order valence-electron chi connectivity index (χ0n) is 33.2. The van der Waals surface area contributed by atoms with Gasteiger partial charge in [-0.2, -0.15) is 0 Å². The van der Waals surface area contributed by atoms with Crippen molar-refractivity contribution in [3.8, 4) is 0 Å². The van der Waals surface area contributed by atoms with Crippen LogP contribution in [0.4, 0.5) is 0 Å². The number of carbonyl (C=O) groups is 4. The molecule has 0 aromatic carbocycles. The Kier molecular flexibility index (Phi) is 32.9. The van der Waals surface area contributed by atoms with Crippen LogP contribution in [0.15, 0.2) is 22.7 Å². The van der Waals surface area contributed by atoms with Crippen LogP contribution < -0.4 is 10.2 Å². The zero-order valence-corrected chi connectivity index (χ0v) is 35.4. The molecule has 2 N–H and O–H groups in total. The number of ether oxygens (including phenoxy) is 2. The second kappa shape index (κ2) is 33.8. The molecule has 10 nitrogen and oxygen atoms in total. The monoisotopic (exact) mass is 774 g/mol. The number of rotatable bonds is 32. The SMILES string of the molecule is CCCCCCCCCCCCCCCC(=O)C1=C([O-])C(CO)OC1=O.CCCCCCCCCCCCCCCC(=O)C1=C([O-])C(CO)OC1=O.[Ca+2]. The third kappa shape index (κ3) is 22.6. The molecule has 0 spiro atoms. The second-order valence-corrected chi connectivity index (χ2v) is 14.5. The molecule has 2 aliphatic rings. The van der Waals surface area contributed by atoms with Crippen LogP contribution in [-0.2, 0) is 28.7 Å². The maximum atomic E-state index is 12.0. The molecule has 0 aromatic rings. The van der Waals surface area contributed by atoms with Crippen LogP contribution >= 0.6 is 0 Å². The van der Waals surface area contributed by atoms with E-state index in [1.807, 2.05) is 0 Å². The Morgan fingerprint density at radius 1 is 0.472 bits per heavy atom. The number of carbonyl (C=O) groups excluding carboxylic acids is 4. The van der Waals surface area contributed by atoms with E-state index in [2.05, 4.69) is 23.3 Å². The molecule has 2 aliphatic heterocycles. The van der Waals surface area contributed by atoms with Gasteiger partial charge in [0.1, 0.15) is 12.2 Å². The zero-order chi connectivity index (χ0) is 38.4. The minimum absolute atomic E-state index is 0. The second-order valence-electron chi connectivity index (χ2n) is 14.5. The number of aliphatic hydroxyl groups excluding tert-OH is 2. The van der Waals surface area contributed by atoms with Gasteiger partial charge in [-0.05, 0) is 12.8 Å². The Labute approximate surface area is 349 Å². The van der Waals surface area contributed by atoms with Crippen LogP contribution in [0.3, 0.4) is 0 Å². The molecule has 0 aromatic heterocycles. The fraction of sp³-hybridized carbons (Fsp3) is 0.810. The first kappa shape index (κ1) is 51.5. The van der Waals surface area contributed by atoms with Crippen molar-refractivity contribution in [1.82, 2.24) is 0 Å². The minimum Gasteiger partial charge on any atom is -0.872 e. The molecule has 0 amide bonds. The molecule has 2 atom stereocenters. The van der Waals surface area contributed by atoms with E-state index in [9.17, 15) is 29.4 Å². The summed E-state index contributed by atoms with van der Waals surface area (Å²) < 4.78 is 9.36. The van der Waals surface area contributed by atoms with Gasteiger partial charge >= 0.3 is 49.7 Å².